The van der Waals surface area contributed by atoms with Gasteiger partial charge in [-0.2, -0.15) is 0 Å². The van der Waals surface area contributed by atoms with E-state index in [1.165, 1.54) is 114 Å². The number of unbranched alkanes of at least 4 members (excludes halogenated alkanes) is 18. The lowest BCUT2D eigenvalue weighted by Crippen LogP contribution is -2.01. The molecule has 1 aromatic carbocycles. The molecule has 37 heavy (non-hydrogen) atoms. The maximum Gasteiger partial charge on any atom is 0.0727 e. The van der Waals surface area contributed by atoms with Gasteiger partial charge in [-0.15, -0.1) is 0 Å². The summed E-state index contributed by atoms with van der Waals surface area (Å²) < 4.78 is 13.1. The number of rotatable bonds is 28. The molecule has 5 heteroatoms. The number of aliphatic hydroxyl groups excluding tert-OH is 2. The molecule has 0 saturated carbocycles. The molecule has 0 bridgehead atoms. The average molecular weight is 586 g/mol. The topological polar surface area (TPSA) is 58.9 Å². The Morgan fingerprint density at radius 2 is 0.757 bits per heavy atom. The molecule has 0 atom stereocenters. The standard InChI is InChI=1S/C32H57BrO4/c33-32-30(28-36-26-19-15-11-7-3-1-5-9-13-17-24-34)22-21-23-31(32)29-37-27-20-16-12-8-4-2-6-10-14-18-25-35/h21-23,34-35H,1-20,24-29H2. The van der Waals surface area contributed by atoms with Gasteiger partial charge in [0.25, 0.3) is 0 Å². The molecule has 1 aromatic rings. The Morgan fingerprint density at radius 1 is 0.459 bits per heavy atom. The van der Waals surface area contributed by atoms with Crippen molar-refractivity contribution in [3.63, 3.8) is 0 Å². The summed E-state index contributed by atoms with van der Waals surface area (Å²) in [6.07, 6.45) is 24.9. The van der Waals surface area contributed by atoms with Crippen molar-refractivity contribution in [2.45, 2.75) is 142 Å². The normalized spacial score (nSPS) is 11.4. The fraction of sp³-hybridized carbons (Fsp3) is 0.812. The zero-order chi connectivity index (χ0) is 26.7. The van der Waals surface area contributed by atoms with Gasteiger partial charge in [0.15, 0.2) is 0 Å². The lowest BCUT2D eigenvalue weighted by Gasteiger charge is -2.11. The molecular formula is C32H57BrO4. The molecule has 0 fully saturated rings. The smallest absolute Gasteiger partial charge is 0.0727 e. The second-order valence-electron chi connectivity index (χ2n) is 10.5. The third-order valence-electron chi connectivity index (χ3n) is 7.07. The Morgan fingerprint density at radius 3 is 1.08 bits per heavy atom. The monoisotopic (exact) mass is 584 g/mol. The molecule has 0 aromatic heterocycles. The summed E-state index contributed by atoms with van der Waals surface area (Å²) >= 11 is 3.77. The molecule has 0 amide bonds. The molecule has 216 valence electrons. The van der Waals surface area contributed by atoms with E-state index in [2.05, 4.69) is 34.1 Å². The summed E-state index contributed by atoms with van der Waals surface area (Å²) in [6.45, 7) is 3.66. The van der Waals surface area contributed by atoms with Gasteiger partial charge in [-0.1, -0.05) is 137 Å². The number of halogens is 1. The summed E-state index contributed by atoms with van der Waals surface area (Å²) in [5.41, 5.74) is 2.41. The lowest BCUT2D eigenvalue weighted by atomic mass is 10.1. The summed E-state index contributed by atoms with van der Waals surface area (Å²) in [5.74, 6) is 0. The first-order valence-electron chi connectivity index (χ1n) is 15.4. The SMILES string of the molecule is OCCCCCCCCCCCCOCc1cccc(COCCCCCCCCCCCCO)c1Br. The molecule has 0 radical (unpaired) electrons. The van der Waals surface area contributed by atoms with Crippen LogP contribution in [0.15, 0.2) is 22.7 Å². The van der Waals surface area contributed by atoms with Crippen LogP contribution in [0.4, 0.5) is 0 Å². The maximum absolute atomic E-state index is 8.79. The van der Waals surface area contributed by atoms with Crippen molar-refractivity contribution >= 4 is 15.9 Å². The van der Waals surface area contributed by atoms with E-state index in [9.17, 15) is 0 Å². The van der Waals surface area contributed by atoms with E-state index >= 15 is 0 Å². The van der Waals surface area contributed by atoms with Crippen LogP contribution in [0.3, 0.4) is 0 Å². The summed E-state index contributed by atoms with van der Waals surface area (Å²) in [5, 5.41) is 17.6. The van der Waals surface area contributed by atoms with Gasteiger partial charge >= 0.3 is 0 Å². The lowest BCUT2D eigenvalue weighted by molar-refractivity contribution is 0.112. The van der Waals surface area contributed by atoms with Gasteiger partial charge < -0.3 is 19.7 Å². The zero-order valence-electron chi connectivity index (χ0n) is 23.7. The predicted octanol–water partition coefficient (Wildman–Crippen LogP) is 9.27. The highest BCUT2D eigenvalue weighted by atomic mass is 79.9. The molecule has 0 heterocycles. The molecule has 0 unspecified atom stereocenters. The van der Waals surface area contributed by atoms with Crippen molar-refractivity contribution in [1.82, 2.24) is 0 Å². The van der Waals surface area contributed by atoms with E-state index in [0.717, 1.165) is 43.4 Å². The first-order valence-corrected chi connectivity index (χ1v) is 16.2. The van der Waals surface area contributed by atoms with Crippen molar-refractivity contribution in [2.24, 2.45) is 0 Å². The number of ether oxygens (including phenoxy) is 2. The molecule has 0 aliphatic rings. The minimum atomic E-state index is 0.342. The van der Waals surface area contributed by atoms with Crippen LogP contribution in [-0.4, -0.2) is 36.6 Å². The van der Waals surface area contributed by atoms with E-state index in [0.29, 0.717) is 26.4 Å². The fourth-order valence-electron chi connectivity index (χ4n) is 4.68. The summed E-state index contributed by atoms with van der Waals surface area (Å²) in [4.78, 5) is 0. The van der Waals surface area contributed by atoms with Gasteiger partial charge in [-0.05, 0) is 36.8 Å². The van der Waals surface area contributed by atoms with Crippen LogP contribution in [-0.2, 0) is 22.7 Å². The van der Waals surface area contributed by atoms with Gasteiger partial charge in [0.2, 0.25) is 0 Å². The third kappa shape index (κ3) is 21.1. The largest absolute Gasteiger partial charge is 0.396 e. The zero-order valence-corrected chi connectivity index (χ0v) is 25.3. The van der Waals surface area contributed by atoms with Gasteiger partial charge in [-0.3, -0.25) is 0 Å². The summed E-state index contributed by atoms with van der Waals surface area (Å²) in [6, 6.07) is 6.39. The van der Waals surface area contributed by atoms with Crippen LogP contribution in [0.25, 0.3) is 0 Å². The van der Waals surface area contributed by atoms with Crippen molar-refractivity contribution in [1.29, 1.82) is 0 Å². The fourth-order valence-corrected chi connectivity index (χ4v) is 5.17. The Kier molecular flexibility index (Phi) is 25.3. The predicted molar refractivity (Wildman–Crippen MR) is 160 cm³/mol. The highest BCUT2D eigenvalue weighted by molar-refractivity contribution is 9.10. The molecule has 1 rings (SSSR count). The molecule has 0 saturated heterocycles. The van der Waals surface area contributed by atoms with Crippen molar-refractivity contribution in [2.75, 3.05) is 26.4 Å². The van der Waals surface area contributed by atoms with E-state index < -0.39 is 0 Å². The Labute approximate surface area is 237 Å². The van der Waals surface area contributed by atoms with Crippen LogP contribution in [0.5, 0.6) is 0 Å². The minimum Gasteiger partial charge on any atom is -0.396 e. The van der Waals surface area contributed by atoms with E-state index in [4.69, 9.17) is 19.7 Å². The third-order valence-corrected chi connectivity index (χ3v) is 8.09. The van der Waals surface area contributed by atoms with Gasteiger partial charge in [0.1, 0.15) is 0 Å². The Balaban J connectivity index is 1.98. The van der Waals surface area contributed by atoms with Crippen LogP contribution in [0.1, 0.15) is 140 Å². The second-order valence-corrected chi connectivity index (χ2v) is 11.3. The molecule has 2 N–H and O–H groups in total. The minimum absolute atomic E-state index is 0.342. The Hall–Kier alpha value is -0.460. The van der Waals surface area contributed by atoms with Gasteiger partial charge in [0, 0.05) is 30.9 Å². The number of benzene rings is 1. The molecule has 0 aliphatic carbocycles. The first-order chi connectivity index (χ1) is 18.3. The summed E-state index contributed by atoms with van der Waals surface area (Å²) in [7, 11) is 0. The second kappa shape index (κ2) is 27.1. The van der Waals surface area contributed by atoms with Crippen LogP contribution < -0.4 is 0 Å². The number of hydrogen-bond acceptors (Lipinski definition) is 4. The highest BCUT2D eigenvalue weighted by Gasteiger charge is 2.06. The first kappa shape index (κ1) is 34.6. The van der Waals surface area contributed by atoms with E-state index in [1.54, 1.807) is 0 Å². The molecule has 0 aliphatic heterocycles. The highest BCUT2D eigenvalue weighted by Crippen LogP contribution is 2.24. The van der Waals surface area contributed by atoms with Crippen molar-refractivity contribution < 1.29 is 19.7 Å². The van der Waals surface area contributed by atoms with Crippen molar-refractivity contribution in [3.8, 4) is 0 Å². The van der Waals surface area contributed by atoms with E-state index in [-0.39, 0.29) is 0 Å². The van der Waals surface area contributed by atoms with Crippen LogP contribution in [0, 0.1) is 0 Å². The molecule has 0 spiro atoms. The molecular weight excluding hydrogens is 528 g/mol. The Bertz CT molecular complexity index is 562. The van der Waals surface area contributed by atoms with Crippen molar-refractivity contribution in [3.05, 3.63) is 33.8 Å². The van der Waals surface area contributed by atoms with E-state index in [1.807, 2.05) is 0 Å². The van der Waals surface area contributed by atoms with Crippen LogP contribution >= 0.6 is 15.9 Å². The van der Waals surface area contributed by atoms with Gasteiger partial charge in [0.05, 0.1) is 13.2 Å². The molecule has 4 nitrogen and oxygen atoms in total. The van der Waals surface area contributed by atoms with Gasteiger partial charge in [-0.25, -0.2) is 0 Å². The number of hydrogen-bond donors (Lipinski definition) is 2. The van der Waals surface area contributed by atoms with Crippen LogP contribution in [0.2, 0.25) is 0 Å². The quantitative estimate of drug-likeness (QED) is 0.0963. The number of aliphatic hydroxyl groups is 2. The maximum atomic E-state index is 8.79. The average Bonchev–Trinajstić information content (AvgIpc) is 2.91.